The molecule has 1 N–H and O–H groups in total. The molecule has 1 aliphatic heterocycles. The maximum absolute atomic E-state index is 10.4. The Labute approximate surface area is 77.3 Å². The lowest BCUT2D eigenvalue weighted by Gasteiger charge is -2.15. The smallest absolute Gasteiger partial charge is 0.264 e. The summed E-state index contributed by atoms with van der Waals surface area (Å²) in [7, 11) is -3.85. The Balaban J connectivity index is 2.36. The van der Waals surface area contributed by atoms with E-state index in [4.69, 9.17) is 4.55 Å². The summed E-state index contributed by atoms with van der Waals surface area (Å²) in [5, 5.41) is 0. The minimum absolute atomic E-state index is 0.229. The maximum atomic E-state index is 10.4. The van der Waals surface area contributed by atoms with E-state index in [1.54, 1.807) is 12.4 Å². The van der Waals surface area contributed by atoms with Crippen LogP contribution in [0.25, 0.3) is 0 Å². The van der Waals surface area contributed by atoms with Gasteiger partial charge in [-0.15, -0.1) is 0 Å². The van der Waals surface area contributed by atoms with Gasteiger partial charge < -0.3 is 0 Å². The molecule has 5 nitrogen and oxygen atoms in total. The van der Waals surface area contributed by atoms with Gasteiger partial charge in [-0.05, 0) is 19.8 Å². The Morgan fingerprint density at radius 2 is 1.92 bits per heavy atom. The highest BCUT2D eigenvalue weighted by molar-refractivity contribution is 7.85. The van der Waals surface area contributed by atoms with Crippen molar-refractivity contribution in [1.82, 2.24) is 0 Å². The van der Waals surface area contributed by atoms with Crippen molar-refractivity contribution in [2.45, 2.75) is 25.4 Å². The molecule has 74 valence electrons. The second-order valence-corrected chi connectivity index (χ2v) is 4.74. The van der Waals surface area contributed by atoms with Crippen LogP contribution in [0.1, 0.15) is 19.8 Å². The summed E-state index contributed by atoms with van der Waals surface area (Å²) in [4.78, 5) is 8.13. The van der Waals surface area contributed by atoms with E-state index in [2.05, 4.69) is 9.98 Å². The van der Waals surface area contributed by atoms with Crippen molar-refractivity contribution < 1.29 is 13.0 Å². The summed E-state index contributed by atoms with van der Waals surface area (Å²) in [5.41, 5.74) is -0.523. The molecule has 0 aromatic carbocycles. The van der Waals surface area contributed by atoms with E-state index in [-0.39, 0.29) is 5.75 Å². The molecule has 0 radical (unpaired) electrons. The van der Waals surface area contributed by atoms with E-state index in [1.165, 1.54) is 0 Å². The first-order chi connectivity index (χ1) is 5.91. The molecule has 0 saturated heterocycles. The summed E-state index contributed by atoms with van der Waals surface area (Å²) >= 11 is 0. The Hall–Kier alpha value is -0.750. The average molecular weight is 204 g/mol. The maximum Gasteiger partial charge on any atom is 0.264 e. The fraction of sp³-hybridized carbons (Fsp3) is 0.714. The van der Waals surface area contributed by atoms with Gasteiger partial charge in [-0.2, -0.15) is 8.42 Å². The standard InChI is InChI=1S/C7H12N2O3S/c1-7(8-4-5-9-7)3-2-6-13(10,11)12/h4-5H,2-3,6H2,1H3,(H,10,11,12). The first kappa shape index (κ1) is 10.3. The zero-order valence-corrected chi connectivity index (χ0v) is 8.16. The van der Waals surface area contributed by atoms with Crippen LogP contribution in [0.3, 0.4) is 0 Å². The second kappa shape index (κ2) is 3.55. The fourth-order valence-corrected chi connectivity index (χ4v) is 1.65. The van der Waals surface area contributed by atoms with Gasteiger partial charge in [0.05, 0.1) is 5.75 Å². The summed E-state index contributed by atoms with van der Waals surface area (Å²) in [6.07, 6.45) is 4.07. The number of hydrogen-bond donors (Lipinski definition) is 1. The largest absolute Gasteiger partial charge is 0.286 e. The molecule has 0 saturated carbocycles. The number of aliphatic imine (C=N–C) groups is 2. The van der Waals surface area contributed by atoms with Gasteiger partial charge in [0.25, 0.3) is 10.1 Å². The second-order valence-electron chi connectivity index (χ2n) is 3.16. The van der Waals surface area contributed by atoms with E-state index in [9.17, 15) is 8.42 Å². The number of nitrogens with zero attached hydrogens (tertiary/aromatic N) is 2. The molecule has 13 heavy (non-hydrogen) atoms. The van der Waals surface area contributed by atoms with Crippen molar-refractivity contribution in [3.05, 3.63) is 0 Å². The Kier molecular flexibility index (Phi) is 2.82. The lowest BCUT2D eigenvalue weighted by molar-refractivity contribution is 0.447. The molecular formula is C7H12N2O3S. The monoisotopic (exact) mass is 204 g/mol. The molecule has 0 atom stereocenters. The summed E-state index contributed by atoms with van der Waals surface area (Å²) in [5.74, 6) is -0.229. The van der Waals surface area contributed by atoms with Gasteiger partial charge in [-0.25, -0.2) is 0 Å². The van der Waals surface area contributed by atoms with Crippen LogP contribution >= 0.6 is 0 Å². The predicted octanol–water partition coefficient (Wildman–Crippen LogP) is 0.526. The fourth-order valence-electron chi connectivity index (χ4n) is 1.14. The summed E-state index contributed by atoms with van der Waals surface area (Å²) in [6, 6.07) is 0. The minimum Gasteiger partial charge on any atom is -0.286 e. The van der Waals surface area contributed by atoms with Crippen LogP contribution in [0.5, 0.6) is 0 Å². The van der Waals surface area contributed by atoms with E-state index < -0.39 is 15.8 Å². The van der Waals surface area contributed by atoms with Crippen molar-refractivity contribution in [3.63, 3.8) is 0 Å². The topological polar surface area (TPSA) is 79.1 Å². The Morgan fingerprint density at radius 3 is 2.38 bits per heavy atom. The molecule has 0 aromatic rings. The quantitative estimate of drug-likeness (QED) is 0.678. The average Bonchev–Trinajstić information content (AvgIpc) is 2.33. The molecule has 0 fully saturated rings. The lowest BCUT2D eigenvalue weighted by Crippen LogP contribution is -2.18. The zero-order chi connectivity index (χ0) is 9.95. The highest BCUT2D eigenvalue weighted by atomic mass is 32.2. The SMILES string of the molecule is CC1(CCCS(=O)(=O)O)N=CC=N1. The predicted molar refractivity (Wildman–Crippen MR) is 51.0 cm³/mol. The first-order valence-electron chi connectivity index (χ1n) is 3.96. The van der Waals surface area contributed by atoms with E-state index >= 15 is 0 Å². The van der Waals surface area contributed by atoms with Crippen LogP contribution in [-0.4, -0.2) is 36.8 Å². The van der Waals surface area contributed by atoms with E-state index in [1.807, 2.05) is 6.92 Å². The highest BCUT2D eigenvalue weighted by Gasteiger charge is 2.22. The van der Waals surface area contributed by atoms with Crippen LogP contribution in [-0.2, 0) is 10.1 Å². The van der Waals surface area contributed by atoms with Gasteiger partial charge in [0.1, 0.15) is 5.66 Å². The normalized spacial score (nSPS) is 19.5. The van der Waals surface area contributed by atoms with E-state index in [0.717, 1.165) is 0 Å². The van der Waals surface area contributed by atoms with Crippen LogP contribution in [0.15, 0.2) is 9.98 Å². The van der Waals surface area contributed by atoms with Gasteiger partial charge in [0.2, 0.25) is 0 Å². The van der Waals surface area contributed by atoms with Gasteiger partial charge in [0.15, 0.2) is 0 Å². The lowest BCUT2D eigenvalue weighted by atomic mass is 10.1. The van der Waals surface area contributed by atoms with Gasteiger partial charge in [0, 0.05) is 12.4 Å². The first-order valence-corrected chi connectivity index (χ1v) is 5.56. The van der Waals surface area contributed by atoms with Gasteiger partial charge in [-0.3, -0.25) is 14.5 Å². The van der Waals surface area contributed by atoms with Crippen LogP contribution in [0, 0.1) is 0 Å². The van der Waals surface area contributed by atoms with Crippen LogP contribution < -0.4 is 0 Å². The third-order valence-electron chi connectivity index (χ3n) is 1.82. The molecule has 1 aliphatic rings. The van der Waals surface area contributed by atoms with Gasteiger partial charge >= 0.3 is 0 Å². The Bertz CT molecular complexity index is 320. The van der Waals surface area contributed by atoms with Crippen molar-refractivity contribution in [2.75, 3.05) is 5.75 Å². The molecule has 1 heterocycles. The van der Waals surface area contributed by atoms with Crippen molar-refractivity contribution in [1.29, 1.82) is 0 Å². The van der Waals surface area contributed by atoms with Crippen LogP contribution in [0.2, 0.25) is 0 Å². The van der Waals surface area contributed by atoms with Crippen molar-refractivity contribution >= 4 is 22.5 Å². The highest BCUT2D eigenvalue weighted by Crippen LogP contribution is 2.21. The molecule has 0 aromatic heterocycles. The number of rotatable bonds is 4. The van der Waals surface area contributed by atoms with E-state index in [0.29, 0.717) is 12.8 Å². The molecule has 0 bridgehead atoms. The summed E-state index contributed by atoms with van der Waals surface area (Å²) < 4.78 is 29.2. The van der Waals surface area contributed by atoms with Crippen molar-refractivity contribution in [2.24, 2.45) is 9.98 Å². The van der Waals surface area contributed by atoms with Gasteiger partial charge in [-0.1, -0.05) is 0 Å². The molecule has 1 rings (SSSR count). The van der Waals surface area contributed by atoms with Crippen LogP contribution in [0.4, 0.5) is 0 Å². The van der Waals surface area contributed by atoms with Crippen molar-refractivity contribution in [3.8, 4) is 0 Å². The summed E-state index contributed by atoms with van der Waals surface area (Å²) in [6.45, 7) is 1.82. The molecule has 0 aliphatic carbocycles. The Morgan fingerprint density at radius 1 is 1.38 bits per heavy atom. The zero-order valence-electron chi connectivity index (χ0n) is 7.34. The minimum atomic E-state index is -3.85. The molecule has 0 spiro atoms. The molecule has 0 amide bonds. The third kappa shape index (κ3) is 3.65. The number of hydrogen-bond acceptors (Lipinski definition) is 4. The molecule has 0 unspecified atom stereocenters. The molecule has 6 heteroatoms. The molecular weight excluding hydrogens is 192 g/mol. The third-order valence-corrected chi connectivity index (χ3v) is 2.63.